The number of nitrogens with one attached hydrogen (secondary N) is 1. The Morgan fingerprint density at radius 2 is 2.06 bits per heavy atom. The molecule has 0 saturated heterocycles. The van der Waals surface area contributed by atoms with Gasteiger partial charge in [0.25, 0.3) is 0 Å². The summed E-state index contributed by atoms with van der Waals surface area (Å²) in [6.07, 6.45) is 1.69. The predicted octanol–water partition coefficient (Wildman–Crippen LogP) is 1.59. The minimum Gasteiger partial charge on any atom is -0.395 e. The summed E-state index contributed by atoms with van der Waals surface area (Å²) in [7, 11) is 0. The van der Waals surface area contributed by atoms with Gasteiger partial charge in [0.1, 0.15) is 0 Å². The molecule has 1 rings (SSSR count). The molecule has 0 heterocycles. The summed E-state index contributed by atoms with van der Waals surface area (Å²) >= 11 is 0. The van der Waals surface area contributed by atoms with E-state index in [1.165, 1.54) is 5.56 Å². The largest absolute Gasteiger partial charge is 0.395 e. The molecule has 1 unspecified atom stereocenters. The van der Waals surface area contributed by atoms with Crippen molar-refractivity contribution in [2.45, 2.75) is 25.8 Å². The second-order valence-electron chi connectivity index (χ2n) is 3.70. The van der Waals surface area contributed by atoms with Crippen LogP contribution in [0.2, 0.25) is 0 Å². The standard InChI is InChI=1S/C14H19NO/c1-2-3-7-10-15-14(12-16)11-13-8-5-4-6-9-13/h4-6,8-9,14-16H,7,10-12H2,1H3. The van der Waals surface area contributed by atoms with Gasteiger partial charge in [0.2, 0.25) is 0 Å². The van der Waals surface area contributed by atoms with Crippen molar-refractivity contribution in [1.29, 1.82) is 0 Å². The molecule has 2 nitrogen and oxygen atoms in total. The first kappa shape index (κ1) is 12.8. The second kappa shape index (κ2) is 7.92. The first-order valence-electron chi connectivity index (χ1n) is 5.64. The first-order valence-corrected chi connectivity index (χ1v) is 5.64. The Labute approximate surface area is 97.7 Å². The van der Waals surface area contributed by atoms with Crippen molar-refractivity contribution >= 4 is 0 Å². The number of benzene rings is 1. The molecule has 0 radical (unpaired) electrons. The SMILES string of the molecule is CC#CCCNC(CO)Cc1ccccc1. The van der Waals surface area contributed by atoms with Crippen LogP contribution in [0.4, 0.5) is 0 Å². The van der Waals surface area contributed by atoms with E-state index in [2.05, 4.69) is 29.3 Å². The fourth-order valence-electron chi connectivity index (χ4n) is 1.56. The van der Waals surface area contributed by atoms with E-state index in [9.17, 15) is 5.11 Å². The van der Waals surface area contributed by atoms with Crippen LogP contribution in [0.3, 0.4) is 0 Å². The van der Waals surface area contributed by atoms with Crippen molar-refractivity contribution in [1.82, 2.24) is 5.32 Å². The molecule has 0 aliphatic carbocycles. The monoisotopic (exact) mass is 217 g/mol. The minimum absolute atomic E-state index is 0.126. The van der Waals surface area contributed by atoms with E-state index >= 15 is 0 Å². The zero-order valence-electron chi connectivity index (χ0n) is 9.74. The molecular weight excluding hydrogens is 198 g/mol. The molecular formula is C14H19NO. The van der Waals surface area contributed by atoms with Gasteiger partial charge >= 0.3 is 0 Å². The average molecular weight is 217 g/mol. The average Bonchev–Trinajstić information content (AvgIpc) is 2.34. The van der Waals surface area contributed by atoms with E-state index in [1.807, 2.05) is 25.1 Å². The maximum absolute atomic E-state index is 9.25. The van der Waals surface area contributed by atoms with Gasteiger partial charge in [0.15, 0.2) is 0 Å². The molecule has 1 atom stereocenters. The van der Waals surface area contributed by atoms with Crippen molar-refractivity contribution in [2.24, 2.45) is 0 Å². The number of aliphatic hydroxyl groups is 1. The van der Waals surface area contributed by atoms with Gasteiger partial charge in [0, 0.05) is 19.0 Å². The molecule has 0 aromatic heterocycles. The normalized spacial score (nSPS) is 11.6. The first-order chi connectivity index (χ1) is 7.86. The minimum atomic E-state index is 0.126. The second-order valence-corrected chi connectivity index (χ2v) is 3.70. The molecule has 0 amide bonds. The lowest BCUT2D eigenvalue weighted by atomic mass is 10.1. The van der Waals surface area contributed by atoms with E-state index in [1.54, 1.807) is 0 Å². The molecule has 2 N–H and O–H groups in total. The summed E-state index contributed by atoms with van der Waals surface area (Å²) in [6, 6.07) is 10.3. The summed E-state index contributed by atoms with van der Waals surface area (Å²) in [5, 5.41) is 12.5. The van der Waals surface area contributed by atoms with E-state index < -0.39 is 0 Å². The third-order valence-electron chi connectivity index (χ3n) is 2.41. The smallest absolute Gasteiger partial charge is 0.0587 e. The highest BCUT2D eigenvalue weighted by molar-refractivity contribution is 5.15. The molecule has 86 valence electrons. The van der Waals surface area contributed by atoms with Crippen LogP contribution in [0.15, 0.2) is 30.3 Å². The summed E-state index contributed by atoms with van der Waals surface area (Å²) in [5.74, 6) is 5.85. The number of hydrogen-bond donors (Lipinski definition) is 2. The topological polar surface area (TPSA) is 32.3 Å². The molecule has 0 spiro atoms. The van der Waals surface area contributed by atoms with Crippen LogP contribution < -0.4 is 5.32 Å². The zero-order chi connectivity index (χ0) is 11.6. The molecule has 0 aliphatic rings. The van der Waals surface area contributed by atoms with Crippen LogP contribution in [0.5, 0.6) is 0 Å². The Morgan fingerprint density at radius 3 is 2.69 bits per heavy atom. The van der Waals surface area contributed by atoms with Gasteiger partial charge in [-0.25, -0.2) is 0 Å². The summed E-state index contributed by atoms with van der Waals surface area (Å²) in [6.45, 7) is 2.83. The summed E-state index contributed by atoms with van der Waals surface area (Å²) in [4.78, 5) is 0. The van der Waals surface area contributed by atoms with Crippen molar-refractivity contribution in [3.05, 3.63) is 35.9 Å². The highest BCUT2D eigenvalue weighted by atomic mass is 16.3. The summed E-state index contributed by atoms with van der Waals surface area (Å²) in [5.41, 5.74) is 1.25. The van der Waals surface area contributed by atoms with Crippen LogP contribution in [0.1, 0.15) is 18.9 Å². The third-order valence-corrected chi connectivity index (χ3v) is 2.41. The number of rotatable bonds is 6. The van der Waals surface area contributed by atoms with Crippen molar-refractivity contribution in [3.63, 3.8) is 0 Å². The van der Waals surface area contributed by atoms with E-state index in [4.69, 9.17) is 0 Å². The van der Waals surface area contributed by atoms with Gasteiger partial charge in [-0.1, -0.05) is 30.3 Å². The van der Waals surface area contributed by atoms with Crippen LogP contribution in [-0.4, -0.2) is 24.3 Å². The lowest BCUT2D eigenvalue weighted by Crippen LogP contribution is -2.35. The lowest BCUT2D eigenvalue weighted by Gasteiger charge is -2.15. The molecule has 0 fully saturated rings. The third kappa shape index (κ3) is 4.97. The van der Waals surface area contributed by atoms with Crippen molar-refractivity contribution < 1.29 is 5.11 Å². The number of hydrogen-bond acceptors (Lipinski definition) is 2. The summed E-state index contributed by atoms with van der Waals surface area (Å²) < 4.78 is 0. The lowest BCUT2D eigenvalue weighted by molar-refractivity contribution is 0.242. The van der Waals surface area contributed by atoms with E-state index in [-0.39, 0.29) is 12.6 Å². The Kier molecular flexibility index (Phi) is 6.32. The molecule has 2 heteroatoms. The molecule has 0 bridgehead atoms. The van der Waals surface area contributed by atoms with E-state index in [0.717, 1.165) is 19.4 Å². The van der Waals surface area contributed by atoms with Crippen LogP contribution in [-0.2, 0) is 6.42 Å². The van der Waals surface area contributed by atoms with Gasteiger partial charge in [-0.15, -0.1) is 11.8 Å². The highest BCUT2D eigenvalue weighted by Crippen LogP contribution is 2.02. The Bertz CT molecular complexity index is 337. The maximum Gasteiger partial charge on any atom is 0.0587 e. The fourth-order valence-corrected chi connectivity index (χ4v) is 1.56. The van der Waals surface area contributed by atoms with Gasteiger partial charge in [-0.3, -0.25) is 0 Å². The van der Waals surface area contributed by atoms with Crippen molar-refractivity contribution in [2.75, 3.05) is 13.2 Å². The van der Waals surface area contributed by atoms with Crippen LogP contribution in [0.25, 0.3) is 0 Å². The van der Waals surface area contributed by atoms with Gasteiger partial charge in [0.05, 0.1) is 6.61 Å². The zero-order valence-corrected chi connectivity index (χ0v) is 9.74. The van der Waals surface area contributed by atoms with Gasteiger partial charge in [-0.05, 0) is 18.9 Å². The maximum atomic E-state index is 9.25. The Morgan fingerprint density at radius 1 is 1.31 bits per heavy atom. The molecule has 16 heavy (non-hydrogen) atoms. The molecule has 1 aromatic carbocycles. The van der Waals surface area contributed by atoms with E-state index in [0.29, 0.717) is 0 Å². The van der Waals surface area contributed by atoms with Crippen LogP contribution in [0, 0.1) is 11.8 Å². The Hall–Kier alpha value is -1.30. The molecule has 0 saturated carbocycles. The molecule has 1 aromatic rings. The van der Waals surface area contributed by atoms with Gasteiger partial charge in [-0.2, -0.15) is 0 Å². The van der Waals surface area contributed by atoms with Crippen LogP contribution >= 0.6 is 0 Å². The highest BCUT2D eigenvalue weighted by Gasteiger charge is 2.06. The fraction of sp³-hybridized carbons (Fsp3) is 0.429. The van der Waals surface area contributed by atoms with Gasteiger partial charge < -0.3 is 10.4 Å². The predicted molar refractivity (Wildman–Crippen MR) is 67.1 cm³/mol. The van der Waals surface area contributed by atoms with Crippen molar-refractivity contribution in [3.8, 4) is 11.8 Å². The molecule has 0 aliphatic heterocycles. The number of aliphatic hydroxyl groups excluding tert-OH is 1. The Balaban J connectivity index is 2.33. The quantitative estimate of drug-likeness (QED) is 0.560.